The molecule has 0 saturated carbocycles. The van der Waals surface area contributed by atoms with E-state index in [0.29, 0.717) is 0 Å². The van der Waals surface area contributed by atoms with Gasteiger partial charge in [-0.05, 0) is 23.8 Å². The maximum absolute atomic E-state index is 8.95. The molecule has 0 aliphatic heterocycles. The first kappa shape index (κ1) is 12.6. The van der Waals surface area contributed by atoms with Crippen LogP contribution in [0.3, 0.4) is 0 Å². The molecule has 0 aromatic heterocycles. The van der Waals surface area contributed by atoms with Gasteiger partial charge in [0, 0.05) is 0 Å². The van der Waals surface area contributed by atoms with Gasteiger partial charge < -0.3 is 14.6 Å². The maximum Gasteiger partial charge on any atom is 0.429 e. The van der Waals surface area contributed by atoms with E-state index in [9.17, 15) is 0 Å². The van der Waals surface area contributed by atoms with Crippen molar-refractivity contribution in [3.63, 3.8) is 0 Å². The minimum absolute atomic E-state index is 0.184. The van der Waals surface area contributed by atoms with E-state index in [0.717, 1.165) is 17.5 Å². The second kappa shape index (κ2) is 6.90. The van der Waals surface area contributed by atoms with E-state index in [-0.39, 0.29) is 6.61 Å². The smallest absolute Gasteiger partial charge is 0.429 e. The van der Waals surface area contributed by atoms with Crippen molar-refractivity contribution >= 4 is 6.08 Å². The molecule has 1 aromatic carbocycles. The Labute approximate surface area is 99.2 Å². The van der Waals surface area contributed by atoms with Gasteiger partial charge >= 0.3 is 12.1 Å². The van der Waals surface area contributed by atoms with E-state index in [2.05, 4.69) is 4.98 Å². The summed E-state index contributed by atoms with van der Waals surface area (Å²) in [5, 5.41) is 17.0. The summed E-state index contributed by atoms with van der Waals surface area (Å²) < 4.78 is 9.83. The highest BCUT2D eigenvalue weighted by Crippen LogP contribution is 2.12. The van der Waals surface area contributed by atoms with Crippen molar-refractivity contribution in [2.75, 3.05) is 13.7 Å². The number of ether oxygens (including phenoxy) is 2. The summed E-state index contributed by atoms with van der Waals surface area (Å²) in [5.74, 6) is 0.357. The fourth-order valence-electron chi connectivity index (χ4n) is 1.12. The largest absolute Gasteiger partial charge is 0.497 e. The molecule has 1 N–H and O–H groups in total. The Morgan fingerprint density at radius 3 is 2.71 bits per heavy atom. The fourth-order valence-corrected chi connectivity index (χ4v) is 1.12. The summed E-state index contributed by atoms with van der Waals surface area (Å²) in [4.78, 5) is 2.62. The van der Waals surface area contributed by atoms with Gasteiger partial charge in [0.15, 0.2) is 4.98 Å². The minimum atomic E-state index is -0.438. The van der Waals surface area contributed by atoms with Crippen LogP contribution < -0.4 is 4.74 Å². The molecule has 0 fully saturated rings. The highest BCUT2D eigenvalue weighted by Gasteiger charge is 1.97. The van der Waals surface area contributed by atoms with E-state index in [1.54, 1.807) is 13.2 Å². The quantitative estimate of drug-likeness (QED) is 0.627. The predicted octanol–water partition coefficient (Wildman–Crippen LogP) is 2.93. The summed E-state index contributed by atoms with van der Waals surface area (Å²) in [6.45, 7) is 0.184. The van der Waals surface area contributed by atoms with Crippen LogP contribution in [0.2, 0.25) is 0 Å². The van der Waals surface area contributed by atoms with Gasteiger partial charge in [0.05, 0.1) is 7.11 Å². The van der Waals surface area contributed by atoms with E-state index in [4.69, 9.17) is 20.0 Å². The molecule has 0 saturated heterocycles. The highest BCUT2D eigenvalue weighted by atomic mass is 16.6. The number of hydrogen-bond acceptors (Lipinski definition) is 4. The Balaban J connectivity index is 2.43. The van der Waals surface area contributed by atoms with Gasteiger partial charge in [-0.25, -0.2) is 0 Å². The lowest BCUT2D eigenvalue weighted by Crippen LogP contribution is -1.89. The Morgan fingerprint density at radius 1 is 1.41 bits per heavy atom. The number of nitrogens with zero attached hydrogens (tertiary/aromatic N) is 2. The molecule has 5 heteroatoms. The number of benzene rings is 1. The number of aliphatic hydroxyl groups excluding tert-OH is 1. The van der Waals surface area contributed by atoms with Gasteiger partial charge in [-0.3, -0.25) is 0 Å². The maximum atomic E-state index is 8.95. The summed E-state index contributed by atoms with van der Waals surface area (Å²) in [6, 6.07) is 7.49. The summed E-state index contributed by atoms with van der Waals surface area (Å²) in [6.07, 6.45) is 4.37. The molecule has 1 rings (SSSR count). The van der Waals surface area contributed by atoms with Crippen LogP contribution in [0.5, 0.6) is 5.75 Å². The van der Waals surface area contributed by atoms with Gasteiger partial charge in [0.25, 0.3) is 0 Å². The van der Waals surface area contributed by atoms with Crippen LogP contribution in [0, 0.1) is 5.39 Å². The van der Waals surface area contributed by atoms with Crippen molar-refractivity contribution in [3.05, 3.63) is 53.0 Å². The molecule has 88 valence electrons. The average molecular weight is 233 g/mol. The molecule has 0 aliphatic rings. The molecule has 0 bridgehead atoms. The van der Waals surface area contributed by atoms with Crippen molar-refractivity contribution in [2.45, 2.75) is 0 Å². The van der Waals surface area contributed by atoms with Crippen molar-refractivity contribution in [1.82, 2.24) is 0 Å². The van der Waals surface area contributed by atoms with Crippen LogP contribution in [0.15, 0.2) is 42.5 Å². The highest BCUT2D eigenvalue weighted by molar-refractivity contribution is 5.50. The number of diazo groups is 1. The molecule has 5 nitrogen and oxygen atoms in total. The molecule has 0 amide bonds. The van der Waals surface area contributed by atoms with E-state index < -0.39 is 5.95 Å². The van der Waals surface area contributed by atoms with Crippen molar-refractivity contribution in [2.24, 2.45) is 0 Å². The molecular weight excluding hydrogens is 220 g/mol. The predicted molar refractivity (Wildman–Crippen MR) is 63.8 cm³/mol. The van der Waals surface area contributed by atoms with Crippen molar-refractivity contribution in [1.29, 1.82) is 5.39 Å². The van der Waals surface area contributed by atoms with Crippen LogP contribution in [0.4, 0.5) is 0 Å². The summed E-state index contributed by atoms with van der Waals surface area (Å²) in [5.41, 5.74) is 0.990. The summed E-state index contributed by atoms with van der Waals surface area (Å²) >= 11 is 0. The molecular formula is C12H13N2O3+. The zero-order chi connectivity index (χ0) is 12.5. The SMILES string of the molecule is COc1ccc(/C=C/CO/C(O)=C/[N+]#N)cc1. The number of hydrogen-bond donors (Lipinski definition) is 1. The Hall–Kier alpha value is -2.48. The molecule has 0 atom stereocenters. The van der Waals surface area contributed by atoms with Gasteiger partial charge in [-0.2, -0.15) is 0 Å². The summed E-state index contributed by atoms with van der Waals surface area (Å²) in [7, 11) is 1.61. The zero-order valence-electron chi connectivity index (χ0n) is 9.41. The standard InChI is InChI=1S/C12H12N2O3/c1-16-11-6-4-10(5-7-11)3-2-8-17-12(15)9-14-13/h2-7,9H,8H2,1H3/p+1/b3-2+,12-9+. The second-order valence-electron chi connectivity index (χ2n) is 3.07. The van der Waals surface area contributed by atoms with E-state index >= 15 is 0 Å². The van der Waals surface area contributed by atoms with Gasteiger partial charge in [-0.15, -0.1) is 0 Å². The fraction of sp³-hybridized carbons (Fsp3) is 0.167. The Kier molecular flexibility index (Phi) is 5.11. The molecule has 0 aliphatic carbocycles. The minimum Gasteiger partial charge on any atom is -0.497 e. The number of methoxy groups -OCH3 is 1. The first-order valence-electron chi connectivity index (χ1n) is 4.93. The zero-order valence-corrected chi connectivity index (χ0v) is 9.41. The van der Waals surface area contributed by atoms with Crippen LogP contribution in [0.1, 0.15) is 5.56 Å². The third-order valence-electron chi connectivity index (χ3n) is 1.92. The van der Waals surface area contributed by atoms with Gasteiger partial charge in [-0.1, -0.05) is 18.2 Å². The lowest BCUT2D eigenvalue weighted by molar-refractivity contribution is 0.113. The molecule has 0 unspecified atom stereocenters. The van der Waals surface area contributed by atoms with Crippen molar-refractivity contribution < 1.29 is 14.6 Å². The molecule has 0 radical (unpaired) electrons. The third-order valence-corrected chi connectivity index (χ3v) is 1.92. The van der Waals surface area contributed by atoms with Crippen LogP contribution in [0.25, 0.3) is 11.1 Å². The first-order chi connectivity index (χ1) is 8.26. The van der Waals surface area contributed by atoms with Crippen LogP contribution in [-0.2, 0) is 4.74 Å². The van der Waals surface area contributed by atoms with Crippen LogP contribution >= 0.6 is 0 Å². The van der Waals surface area contributed by atoms with Gasteiger partial charge in [0.1, 0.15) is 12.4 Å². The molecule has 0 heterocycles. The normalized spacial score (nSPS) is 11.2. The van der Waals surface area contributed by atoms with Gasteiger partial charge in [0.2, 0.25) is 5.39 Å². The van der Waals surface area contributed by atoms with Crippen molar-refractivity contribution in [3.8, 4) is 5.75 Å². The third kappa shape index (κ3) is 4.71. The monoisotopic (exact) mass is 233 g/mol. The average Bonchev–Trinajstić information content (AvgIpc) is 2.36. The number of aliphatic hydroxyl groups is 1. The lowest BCUT2D eigenvalue weighted by atomic mass is 10.2. The molecule has 1 aromatic rings. The second-order valence-corrected chi connectivity index (χ2v) is 3.07. The number of rotatable bonds is 5. The molecule has 17 heavy (non-hydrogen) atoms. The topological polar surface area (TPSA) is 66.8 Å². The van der Waals surface area contributed by atoms with E-state index in [1.165, 1.54) is 0 Å². The molecule has 0 spiro atoms. The Morgan fingerprint density at radius 2 is 2.12 bits per heavy atom. The first-order valence-corrected chi connectivity index (χ1v) is 4.93. The lowest BCUT2D eigenvalue weighted by Gasteiger charge is -1.99. The van der Waals surface area contributed by atoms with Crippen LogP contribution in [-0.4, -0.2) is 18.8 Å². The Bertz CT molecular complexity index is 444. The van der Waals surface area contributed by atoms with E-state index in [1.807, 2.05) is 30.3 Å².